The van der Waals surface area contributed by atoms with E-state index in [1.165, 1.54) is 5.57 Å². The molecule has 1 aromatic rings. The van der Waals surface area contributed by atoms with Gasteiger partial charge in [-0.3, -0.25) is 9.78 Å². The standard InChI is InChI=1S/C14H15NO/c16-14-8-3-5-12(6-4-9-14)11-13-7-1-2-10-15-13/h1-3,7-8,10-11H,4-6,9H2/b8-3-,12-11?. The third-order valence-electron chi connectivity index (χ3n) is 2.64. The summed E-state index contributed by atoms with van der Waals surface area (Å²) in [7, 11) is 0. The predicted molar refractivity (Wildman–Crippen MR) is 64.8 cm³/mol. The van der Waals surface area contributed by atoms with Gasteiger partial charge < -0.3 is 0 Å². The second-order valence-corrected chi connectivity index (χ2v) is 3.98. The van der Waals surface area contributed by atoms with Crippen molar-refractivity contribution >= 4 is 11.9 Å². The molecule has 82 valence electrons. The van der Waals surface area contributed by atoms with Gasteiger partial charge in [0.25, 0.3) is 0 Å². The van der Waals surface area contributed by atoms with Crippen LogP contribution in [0.25, 0.3) is 6.08 Å². The lowest BCUT2D eigenvalue weighted by Gasteiger charge is -2.07. The lowest BCUT2D eigenvalue weighted by Crippen LogP contribution is -1.97. The van der Waals surface area contributed by atoms with Crippen molar-refractivity contribution in [3.8, 4) is 0 Å². The van der Waals surface area contributed by atoms with Gasteiger partial charge in [-0.15, -0.1) is 0 Å². The van der Waals surface area contributed by atoms with Gasteiger partial charge in [0, 0.05) is 12.6 Å². The molecule has 1 aliphatic rings. The molecule has 2 heteroatoms. The largest absolute Gasteiger partial charge is 0.295 e. The first-order valence-electron chi connectivity index (χ1n) is 5.64. The molecule has 0 saturated heterocycles. The van der Waals surface area contributed by atoms with Crippen LogP contribution in [0.15, 0.2) is 42.1 Å². The summed E-state index contributed by atoms with van der Waals surface area (Å²) < 4.78 is 0. The Morgan fingerprint density at radius 3 is 3.00 bits per heavy atom. The minimum absolute atomic E-state index is 0.247. The lowest BCUT2D eigenvalue weighted by molar-refractivity contribution is -0.114. The van der Waals surface area contributed by atoms with Crippen LogP contribution in [0.2, 0.25) is 0 Å². The maximum atomic E-state index is 11.2. The van der Waals surface area contributed by atoms with Crippen LogP contribution in [0.5, 0.6) is 0 Å². The number of rotatable bonds is 1. The molecule has 0 unspecified atom stereocenters. The van der Waals surface area contributed by atoms with E-state index in [-0.39, 0.29) is 5.78 Å². The minimum atomic E-state index is 0.247. The van der Waals surface area contributed by atoms with E-state index >= 15 is 0 Å². The maximum absolute atomic E-state index is 11.2. The van der Waals surface area contributed by atoms with E-state index in [0.29, 0.717) is 6.42 Å². The molecule has 2 rings (SSSR count). The molecular formula is C14H15NO. The van der Waals surface area contributed by atoms with Gasteiger partial charge in [0.05, 0.1) is 5.69 Å². The van der Waals surface area contributed by atoms with Gasteiger partial charge >= 0.3 is 0 Å². The number of nitrogens with zero attached hydrogens (tertiary/aromatic N) is 1. The first kappa shape index (κ1) is 10.8. The van der Waals surface area contributed by atoms with Gasteiger partial charge in [-0.05, 0) is 43.5 Å². The Hall–Kier alpha value is -1.70. The normalized spacial score (nSPS) is 21.5. The molecule has 0 radical (unpaired) electrons. The van der Waals surface area contributed by atoms with Gasteiger partial charge in [0.2, 0.25) is 0 Å². The van der Waals surface area contributed by atoms with Crippen LogP contribution < -0.4 is 0 Å². The highest BCUT2D eigenvalue weighted by molar-refractivity contribution is 5.89. The number of hydrogen-bond acceptors (Lipinski definition) is 2. The first-order chi connectivity index (χ1) is 7.84. The van der Waals surface area contributed by atoms with Crippen LogP contribution >= 0.6 is 0 Å². The molecule has 0 bridgehead atoms. The monoisotopic (exact) mass is 213 g/mol. The van der Waals surface area contributed by atoms with Crippen LogP contribution in [0.3, 0.4) is 0 Å². The zero-order valence-electron chi connectivity index (χ0n) is 9.23. The lowest BCUT2D eigenvalue weighted by atomic mass is 9.99. The van der Waals surface area contributed by atoms with Gasteiger partial charge in [0.15, 0.2) is 5.78 Å². The molecule has 0 saturated carbocycles. The van der Waals surface area contributed by atoms with Crippen molar-refractivity contribution in [1.82, 2.24) is 4.98 Å². The molecule has 0 N–H and O–H groups in total. The van der Waals surface area contributed by atoms with Gasteiger partial charge in [-0.1, -0.05) is 17.7 Å². The van der Waals surface area contributed by atoms with Crippen LogP contribution in [0.4, 0.5) is 0 Å². The average molecular weight is 213 g/mol. The zero-order chi connectivity index (χ0) is 11.2. The minimum Gasteiger partial charge on any atom is -0.295 e. The summed E-state index contributed by atoms with van der Waals surface area (Å²) in [6.45, 7) is 0. The number of allylic oxidation sites excluding steroid dienone is 3. The number of ketones is 1. The second-order valence-electron chi connectivity index (χ2n) is 3.98. The molecule has 1 aliphatic carbocycles. The van der Waals surface area contributed by atoms with Gasteiger partial charge in [-0.25, -0.2) is 0 Å². The molecule has 0 atom stereocenters. The molecular weight excluding hydrogens is 198 g/mol. The molecule has 0 spiro atoms. The molecule has 16 heavy (non-hydrogen) atoms. The highest BCUT2D eigenvalue weighted by Crippen LogP contribution is 2.18. The van der Waals surface area contributed by atoms with Crippen LogP contribution in [0.1, 0.15) is 31.4 Å². The highest BCUT2D eigenvalue weighted by atomic mass is 16.1. The molecule has 1 heterocycles. The third-order valence-corrected chi connectivity index (χ3v) is 2.64. The Morgan fingerprint density at radius 1 is 1.25 bits per heavy atom. The summed E-state index contributed by atoms with van der Waals surface area (Å²) in [6.07, 6.45) is 11.0. The van der Waals surface area contributed by atoms with Crippen molar-refractivity contribution < 1.29 is 4.79 Å². The number of carbonyl (C=O) groups excluding carboxylic acids is 1. The van der Waals surface area contributed by atoms with Crippen molar-refractivity contribution in [3.05, 3.63) is 47.8 Å². The fraction of sp³-hybridized carbons (Fsp3) is 0.286. The number of aromatic nitrogens is 1. The van der Waals surface area contributed by atoms with Crippen molar-refractivity contribution in [1.29, 1.82) is 0 Å². The van der Waals surface area contributed by atoms with Crippen molar-refractivity contribution in [2.45, 2.75) is 25.7 Å². The number of pyridine rings is 1. The zero-order valence-corrected chi connectivity index (χ0v) is 9.23. The highest BCUT2D eigenvalue weighted by Gasteiger charge is 2.04. The second kappa shape index (κ2) is 5.40. The van der Waals surface area contributed by atoms with Crippen molar-refractivity contribution in [2.75, 3.05) is 0 Å². The van der Waals surface area contributed by atoms with Crippen LogP contribution in [0, 0.1) is 0 Å². The summed E-state index contributed by atoms with van der Waals surface area (Å²) in [6, 6.07) is 5.90. The first-order valence-corrected chi connectivity index (χ1v) is 5.64. The van der Waals surface area contributed by atoms with E-state index in [2.05, 4.69) is 11.1 Å². The van der Waals surface area contributed by atoms with Gasteiger partial charge in [-0.2, -0.15) is 0 Å². The number of carbonyl (C=O) groups is 1. The summed E-state index contributed by atoms with van der Waals surface area (Å²) in [4.78, 5) is 15.5. The van der Waals surface area contributed by atoms with Crippen LogP contribution in [-0.4, -0.2) is 10.8 Å². The number of hydrogen-bond donors (Lipinski definition) is 0. The Bertz CT molecular complexity index is 418. The predicted octanol–water partition coefficient (Wildman–Crippen LogP) is 3.16. The summed E-state index contributed by atoms with van der Waals surface area (Å²) in [5.41, 5.74) is 2.35. The molecule has 0 amide bonds. The van der Waals surface area contributed by atoms with Crippen molar-refractivity contribution in [3.63, 3.8) is 0 Å². The molecule has 0 aromatic carbocycles. The van der Waals surface area contributed by atoms with Gasteiger partial charge in [0.1, 0.15) is 0 Å². The molecule has 0 aliphatic heterocycles. The Balaban J connectivity index is 2.12. The SMILES string of the molecule is O=C1/C=C\CC(=Cc2ccccn2)CCC1. The third kappa shape index (κ3) is 3.16. The Kier molecular flexibility index (Phi) is 3.65. The van der Waals surface area contributed by atoms with Crippen molar-refractivity contribution in [2.24, 2.45) is 0 Å². The molecule has 1 aromatic heterocycles. The maximum Gasteiger partial charge on any atom is 0.155 e. The van der Waals surface area contributed by atoms with Crippen LogP contribution in [-0.2, 0) is 4.79 Å². The summed E-state index contributed by atoms with van der Waals surface area (Å²) >= 11 is 0. The Morgan fingerprint density at radius 2 is 2.19 bits per heavy atom. The topological polar surface area (TPSA) is 30.0 Å². The average Bonchev–Trinajstić information content (AvgIpc) is 2.27. The fourth-order valence-electron chi connectivity index (χ4n) is 1.82. The molecule has 2 nitrogen and oxygen atoms in total. The summed E-state index contributed by atoms with van der Waals surface area (Å²) in [5.74, 6) is 0.247. The van der Waals surface area contributed by atoms with E-state index in [1.807, 2.05) is 24.3 Å². The van der Waals surface area contributed by atoms with E-state index in [4.69, 9.17) is 0 Å². The van der Waals surface area contributed by atoms with E-state index in [9.17, 15) is 4.79 Å². The van der Waals surface area contributed by atoms with E-state index in [0.717, 1.165) is 25.0 Å². The quantitative estimate of drug-likeness (QED) is 0.717. The van der Waals surface area contributed by atoms with E-state index in [1.54, 1.807) is 12.3 Å². The van der Waals surface area contributed by atoms with E-state index < -0.39 is 0 Å². The Labute approximate surface area is 95.7 Å². The molecule has 0 fully saturated rings. The summed E-state index contributed by atoms with van der Waals surface area (Å²) in [5, 5.41) is 0. The fourth-order valence-corrected chi connectivity index (χ4v) is 1.82. The smallest absolute Gasteiger partial charge is 0.155 e.